The maximum absolute atomic E-state index is 12.3. The van der Waals surface area contributed by atoms with Crippen LogP contribution in [0, 0.1) is 6.92 Å². The van der Waals surface area contributed by atoms with Gasteiger partial charge in [0.2, 0.25) is 0 Å². The first-order valence-electron chi connectivity index (χ1n) is 7.72. The van der Waals surface area contributed by atoms with E-state index in [9.17, 15) is 9.59 Å². The fourth-order valence-electron chi connectivity index (χ4n) is 2.69. The van der Waals surface area contributed by atoms with E-state index in [1.54, 1.807) is 18.2 Å². The third-order valence-electron chi connectivity index (χ3n) is 3.96. The number of fused-ring (bicyclic) bond motifs is 2. The number of nitrogens with zero attached hydrogens (tertiary/aromatic N) is 3. The number of benzene rings is 2. The zero-order chi connectivity index (χ0) is 17.4. The highest BCUT2D eigenvalue weighted by atomic mass is 32.1. The molecule has 0 spiro atoms. The molecule has 0 atom stereocenters. The molecule has 0 unspecified atom stereocenters. The van der Waals surface area contributed by atoms with Gasteiger partial charge >= 0.3 is 5.76 Å². The van der Waals surface area contributed by atoms with Gasteiger partial charge in [0.05, 0.1) is 17.2 Å². The van der Waals surface area contributed by atoms with Crippen molar-refractivity contribution in [2.24, 2.45) is 0 Å². The predicted molar refractivity (Wildman–Crippen MR) is 95.0 cm³/mol. The molecule has 1 amide bonds. The Kier molecular flexibility index (Phi) is 3.81. The third kappa shape index (κ3) is 2.91. The van der Waals surface area contributed by atoms with Crippen LogP contribution in [-0.4, -0.2) is 25.8 Å². The highest BCUT2D eigenvalue weighted by Crippen LogP contribution is 2.15. The number of rotatable bonds is 4. The van der Waals surface area contributed by atoms with Crippen molar-refractivity contribution in [2.75, 3.05) is 6.54 Å². The minimum atomic E-state index is -0.426. The van der Waals surface area contributed by atoms with Crippen molar-refractivity contribution in [1.82, 2.24) is 18.6 Å². The Labute approximate surface area is 146 Å². The molecule has 7 nitrogen and oxygen atoms in total. The SMILES string of the molecule is Cc1ccc2c(c1)oc(=O)n2CCNC(=O)c1ccc2nsnc2c1. The number of oxazole rings is 1. The average molecular weight is 354 g/mol. The van der Waals surface area contributed by atoms with Gasteiger partial charge in [0.25, 0.3) is 5.91 Å². The van der Waals surface area contributed by atoms with Crippen LogP contribution in [0.15, 0.2) is 45.6 Å². The minimum absolute atomic E-state index is 0.216. The molecule has 0 aliphatic carbocycles. The van der Waals surface area contributed by atoms with Crippen LogP contribution in [0.25, 0.3) is 22.1 Å². The molecule has 1 N–H and O–H groups in total. The van der Waals surface area contributed by atoms with Gasteiger partial charge in [0.15, 0.2) is 5.58 Å². The first-order valence-corrected chi connectivity index (χ1v) is 8.45. The number of nitrogens with one attached hydrogen (secondary N) is 1. The van der Waals surface area contributed by atoms with Crippen molar-refractivity contribution >= 4 is 39.8 Å². The quantitative estimate of drug-likeness (QED) is 0.607. The summed E-state index contributed by atoms with van der Waals surface area (Å²) in [5.74, 6) is -0.642. The number of aryl methyl sites for hydroxylation is 1. The van der Waals surface area contributed by atoms with E-state index in [0.29, 0.717) is 29.8 Å². The fraction of sp³-hybridized carbons (Fsp3) is 0.176. The van der Waals surface area contributed by atoms with Crippen molar-refractivity contribution in [1.29, 1.82) is 0 Å². The van der Waals surface area contributed by atoms with E-state index in [2.05, 4.69) is 14.1 Å². The Bertz CT molecular complexity index is 1140. The first-order chi connectivity index (χ1) is 12.1. The highest BCUT2D eigenvalue weighted by molar-refractivity contribution is 7.00. The molecule has 0 aliphatic rings. The Morgan fingerprint density at radius 3 is 2.92 bits per heavy atom. The molecule has 8 heteroatoms. The van der Waals surface area contributed by atoms with Crippen LogP contribution < -0.4 is 11.1 Å². The van der Waals surface area contributed by atoms with Crippen molar-refractivity contribution in [2.45, 2.75) is 13.5 Å². The fourth-order valence-corrected chi connectivity index (χ4v) is 3.21. The molecule has 0 saturated heterocycles. The number of hydrogen-bond acceptors (Lipinski definition) is 6. The van der Waals surface area contributed by atoms with Gasteiger partial charge < -0.3 is 9.73 Å². The topological polar surface area (TPSA) is 90.0 Å². The highest BCUT2D eigenvalue weighted by Gasteiger charge is 2.11. The number of hydrogen-bond donors (Lipinski definition) is 1. The van der Waals surface area contributed by atoms with Crippen LogP contribution in [0.4, 0.5) is 0 Å². The van der Waals surface area contributed by atoms with E-state index in [1.165, 1.54) is 4.57 Å². The summed E-state index contributed by atoms with van der Waals surface area (Å²) in [6, 6.07) is 10.8. The number of amides is 1. The molecule has 0 aliphatic heterocycles. The molecule has 4 aromatic rings. The van der Waals surface area contributed by atoms with Crippen LogP contribution in [0.3, 0.4) is 0 Å². The van der Waals surface area contributed by atoms with Crippen LogP contribution in [0.5, 0.6) is 0 Å². The second-order valence-corrected chi connectivity index (χ2v) is 6.24. The Hall–Kier alpha value is -3.00. The van der Waals surface area contributed by atoms with Gasteiger partial charge in [-0.15, -0.1) is 0 Å². The third-order valence-corrected chi connectivity index (χ3v) is 4.52. The van der Waals surface area contributed by atoms with Gasteiger partial charge in [-0.25, -0.2) is 4.79 Å². The summed E-state index contributed by atoms with van der Waals surface area (Å²) in [6.07, 6.45) is 0. The Morgan fingerprint density at radius 1 is 1.20 bits per heavy atom. The summed E-state index contributed by atoms with van der Waals surface area (Å²) in [7, 11) is 0. The minimum Gasteiger partial charge on any atom is -0.408 e. The lowest BCUT2D eigenvalue weighted by Crippen LogP contribution is -2.29. The van der Waals surface area contributed by atoms with Gasteiger partial charge in [-0.2, -0.15) is 8.75 Å². The molecule has 25 heavy (non-hydrogen) atoms. The van der Waals surface area contributed by atoms with Crippen molar-refractivity contribution < 1.29 is 9.21 Å². The molecule has 2 aromatic heterocycles. The van der Waals surface area contributed by atoms with Crippen LogP contribution in [-0.2, 0) is 6.54 Å². The molecule has 0 fully saturated rings. The first kappa shape index (κ1) is 15.5. The van der Waals surface area contributed by atoms with Gasteiger partial charge in [-0.3, -0.25) is 9.36 Å². The van der Waals surface area contributed by atoms with Gasteiger partial charge in [0, 0.05) is 18.7 Å². The molecule has 4 rings (SSSR count). The zero-order valence-corrected chi connectivity index (χ0v) is 14.2. The van der Waals surface area contributed by atoms with E-state index in [-0.39, 0.29) is 5.91 Å². The normalized spacial score (nSPS) is 11.2. The summed E-state index contributed by atoms with van der Waals surface area (Å²) in [5.41, 5.74) is 4.28. The zero-order valence-electron chi connectivity index (χ0n) is 13.4. The molecular formula is C17H14N4O3S. The number of carbonyl (C=O) groups excluding carboxylic acids is 1. The van der Waals surface area contributed by atoms with E-state index in [0.717, 1.165) is 28.3 Å². The smallest absolute Gasteiger partial charge is 0.408 e. The molecule has 0 saturated carbocycles. The molecular weight excluding hydrogens is 340 g/mol. The Morgan fingerprint density at radius 2 is 2.04 bits per heavy atom. The predicted octanol–water partition coefficient (Wildman–Crippen LogP) is 2.34. The van der Waals surface area contributed by atoms with E-state index in [4.69, 9.17) is 4.42 Å². The maximum atomic E-state index is 12.3. The van der Waals surface area contributed by atoms with Gasteiger partial charge in [0.1, 0.15) is 11.0 Å². The number of aromatic nitrogens is 3. The summed E-state index contributed by atoms with van der Waals surface area (Å²) in [5, 5.41) is 2.81. The maximum Gasteiger partial charge on any atom is 0.420 e. The monoisotopic (exact) mass is 354 g/mol. The average Bonchev–Trinajstić information content (AvgIpc) is 3.18. The largest absolute Gasteiger partial charge is 0.420 e. The van der Waals surface area contributed by atoms with Crippen LogP contribution >= 0.6 is 11.7 Å². The summed E-state index contributed by atoms with van der Waals surface area (Å²) in [4.78, 5) is 24.2. The molecule has 0 bridgehead atoms. The van der Waals surface area contributed by atoms with Crippen molar-refractivity contribution in [3.05, 3.63) is 58.1 Å². The molecule has 126 valence electrons. The van der Waals surface area contributed by atoms with Gasteiger partial charge in [-0.1, -0.05) is 6.07 Å². The van der Waals surface area contributed by atoms with Crippen molar-refractivity contribution in [3.63, 3.8) is 0 Å². The van der Waals surface area contributed by atoms with Crippen LogP contribution in [0.2, 0.25) is 0 Å². The second-order valence-electron chi connectivity index (χ2n) is 5.71. The summed E-state index contributed by atoms with van der Waals surface area (Å²) < 4.78 is 15.0. The van der Waals surface area contributed by atoms with E-state index >= 15 is 0 Å². The molecule has 2 aromatic carbocycles. The van der Waals surface area contributed by atoms with Crippen molar-refractivity contribution in [3.8, 4) is 0 Å². The van der Waals surface area contributed by atoms with Crippen LogP contribution in [0.1, 0.15) is 15.9 Å². The summed E-state index contributed by atoms with van der Waals surface area (Å²) in [6.45, 7) is 2.58. The summed E-state index contributed by atoms with van der Waals surface area (Å²) >= 11 is 1.11. The Balaban J connectivity index is 1.47. The second kappa shape index (κ2) is 6.14. The molecule has 0 radical (unpaired) electrons. The standard InChI is InChI=1S/C17H14N4O3S/c1-10-2-5-14-15(8-10)24-17(23)21(14)7-6-18-16(22)11-3-4-12-13(9-11)20-25-19-12/h2-5,8-9H,6-7H2,1H3,(H,18,22). The lowest BCUT2D eigenvalue weighted by atomic mass is 10.2. The van der Waals surface area contributed by atoms with Gasteiger partial charge in [-0.05, 0) is 42.8 Å². The lowest BCUT2D eigenvalue weighted by molar-refractivity contribution is 0.0952. The lowest BCUT2D eigenvalue weighted by Gasteiger charge is -2.06. The van der Waals surface area contributed by atoms with E-state index < -0.39 is 5.76 Å². The van der Waals surface area contributed by atoms with E-state index in [1.807, 2.05) is 25.1 Å². The molecule has 2 heterocycles. The number of carbonyl (C=O) groups is 1.